The number of halogens is 2. The molecule has 11 heavy (non-hydrogen) atoms. The summed E-state index contributed by atoms with van der Waals surface area (Å²) in [5.41, 5.74) is 0. The lowest BCUT2D eigenvalue weighted by molar-refractivity contribution is -0.131. The van der Waals surface area contributed by atoms with Crippen LogP contribution >= 0.6 is 0 Å². The molecule has 0 aliphatic carbocycles. The first kappa shape index (κ1) is 10.5. The van der Waals surface area contributed by atoms with Gasteiger partial charge in [-0.05, 0) is 6.42 Å². The molecule has 0 rings (SSSR count). The van der Waals surface area contributed by atoms with Crippen molar-refractivity contribution >= 4 is 0 Å². The highest BCUT2D eigenvalue weighted by molar-refractivity contribution is 4.63. The van der Waals surface area contributed by atoms with Crippen LogP contribution in [0.3, 0.4) is 0 Å². The van der Waals surface area contributed by atoms with E-state index in [1.54, 1.807) is 6.08 Å². The first-order valence-electron chi connectivity index (χ1n) is 3.35. The summed E-state index contributed by atoms with van der Waals surface area (Å²) in [6.07, 6.45) is 2.09. The molecule has 0 aliphatic heterocycles. The standard InChI is InChI=1S/C7H12F2O2/c1-2-4-10-5-3-6-11-7(8)9/h2,7H,1,3-6H2. The molecule has 0 spiro atoms. The minimum absolute atomic E-state index is 0.0365. The van der Waals surface area contributed by atoms with Crippen LogP contribution in [0.25, 0.3) is 0 Å². The van der Waals surface area contributed by atoms with Crippen LogP contribution in [0.2, 0.25) is 0 Å². The second-order valence-electron chi connectivity index (χ2n) is 1.85. The highest BCUT2D eigenvalue weighted by atomic mass is 19.3. The zero-order chi connectivity index (χ0) is 8.53. The van der Waals surface area contributed by atoms with Crippen LogP contribution < -0.4 is 0 Å². The van der Waals surface area contributed by atoms with E-state index < -0.39 is 6.61 Å². The molecule has 0 aromatic heterocycles. The third-order valence-electron chi connectivity index (χ3n) is 0.913. The van der Waals surface area contributed by atoms with Gasteiger partial charge >= 0.3 is 6.61 Å². The fourth-order valence-electron chi connectivity index (χ4n) is 0.500. The molecular weight excluding hydrogens is 154 g/mol. The van der Waals surface area contributed by atoms with Gasteiger partial charge < -0.3 is 9.47 Å². The molecule has 0 amide bonds. The fourth-order valence-corrected chi connectivity index (χ4v) is 0.500. The van der Waals surface area contributed by atoms with Gasteiger partial charge in [-0.3, -0.25) is 0 Å². The van der Waals surface area contributed by atoms with Crippen molar-refractivity contribution in [1.82, 2.24) is 0 Å². The van der Waals surface area contributed by atoms with E-state index >= 15 is 0 Å². The number of ether oxygens (including phenoxy) is 2. The topological polar surface area (TPSA) is 18.5 Å². The third-order valence-corrected chi connectivity index (χ3v) is 0.913. The molecule has 0 unspecified atom stereocenters. The van der Waals surface area contributed by atoms with Crippen LogP contribution in [0.4, 0.5) is 8.78 Å². The molecular formula is C7H12F2O2. The van der Waals surface area contributed by atoms with Crippen molar-refractivity contribution in [3.63, 3.8) is 0 Å². The molecule has 0 aromatic carbocycles. The lowest BCUT2D eigenvalue weighted by Gasteiger charge is -2.01. The average molecular weight is 166 g/mol. The third kappa shape index (κ3) is 9.52. The van der Waals surface area contributed by atoms with E-state index in [9.17, 15) is 8.78 Å². The molecule has 0 radical (unpaired) electrons. The summed E-state index contributed by atoms with van der Waals surface area (Å²) in [6.45, 7) is 1.68. The largest absolute Gasteiger partial charge is 0.377 e. The van der Waals surface area contributed by atoms with Crippen molar-refractivity contribution in [3.05, 3.63) is 12.7 Å². The van der Waals surface area contributed by atoms with Crippen molar-refractivity contribution < 1.29 is 18.3 Å². The van der Waals surface area contributed by atoms with E-state index in [1.807, 2.05) is 0 Å². The summed E-state index contributed by atoms with van der Waals surface area (Å²) in [5, 5.41) is 0. The number of alkyl halides is 2. The quantitative estimate of drug-likeness (QED) is 0.424. The SMILES string of the molecule is C=CCOCCCOC(F)F. The van der Waals surface area contributed by atoms with Gasteiger partial charge in [0.2, 0.25) is 0 Å². The van der Waals surface area contributed by atoms with Gasteiger partial charge in [0.05, 0.1) is 13.2 Å². The summed E-state index contributed by atoms with van der Waals surface area (Å²) < 4.78 is 31.6. The average Bonchev–Trinajstić information content (AvgIpc) is 1.96. The summed E-state index contributed by atoms with van der Waals surface area (Å²) in [5.74, 6) is 0. The Balaban J connectivity index is 2.85. The van der Waals surface area contributed by atoms with Crippen LogP contribution in [-0.2, 0) is 9.47 Å². The van der Waals surface area contributed by atoms with Crippen LogP contribution in [0.5, 0.6) is 0 Å². The van der Waals surface area contributed by atoms with Crippen molar-refractivity contribution in [2.45, 2.75) is 13.0 Å². The summed E-state index contributed by atoms with van der Waals surface area (Å²) in [4.78, 5) is 0. The Morgan fingerprint density at radius 1 is 1.36 bits per heavy atom. The van der Waals surface area contributed by atoms with Gasteiger partial charge in [0.25, 0.3) is 0 Å². The van der Waals surface area contributed by atoms with Crippen molar-refractivity contribution in [2.75, 3.05) is 19.8 Å². The van der Waals surface area contributed by atoms with Gasteiger partial charge in [0.1, 0.15) is 0 Å². The van der Waals surface area contributed by atoms with E-state index in [1.165, 1.54) is 0 Å². The second kappa shape index (κ2) is 7.63. The molecule has 4 heteroatoms. The van der Waals surface area contributed by atoms with Crippen LogP contribution in [0.1, 0.15) is 6.42 Å². The molecule has 0 saturated heterocycles. The zero-order valence-electron chi connectivity index (χ0n) is 6.26. The Bertz CT molecular complexity index is 96.4. The molecule has 0 aliphatic rings. The second-order valence-corrected chi connectivity index (χ2v) is 1.85. The number of hydrogen-bond donors (Lipinski definition) is 0. The lowest BCUT2D eigenvalue weighted by atomic mass is 10.5. The summed E-state index contributed by atoms with van der Waals surface area (Å²) in [6, 6.07) is 0. The highest BCUT2D eigenvalue weighted by Crippen LogP contribution is 1.95. The maximum absolute atomic E-state index is 11.3. The smallest absolute Gasteiger partial charge is 0.345 e. The van der Waals surface area contributed by atoms with Gasteiger partial charge in [0.15, 0.2) is 0 Å². The molecule has 0 N–H and O–H groups in total. The van der Waals surface area contributed by atoms with Gasteiger partial charge in [0, 0.05) is 6.61 Å². The maximum Gasteiger partial charge on any atom is 0.345 e. The minimum atomic E-state index is -2.67. The Morgan fingerprint density at radius 2 is 2.09 bits per heavy atom. The Morgan fingerprint density at radius 3 is 2.64 bits per heavy atom. The van der Waals surface area contributed by atoms with E-state index in [-0.39, 0.29) is 6.61 Å². The Labute approximate surface area is 64.8 Å². The normalized spacial score (nSPS) is 10.5. The molecule has 2 nitrogen and oxygen atoms in total. The maximum atomic E-state index is 11.3. The van der Waals surface area contributed by atoms with E-state index in [4.69, 9.17) is 4.74 Å². The summed E-state index contributed by atoms with van der Waals surface area (Å²) >= 11 is 0. The van der Waals surface area contributed by atoms with Crippen molar-refractivity contribution in [2.24, 2.45) is 0 Å². The van der Waals surface area contributed by atoms with E-state index in [2.05, 4.69) is 11.3 Å². The van der Waals surface area contributed by atoms with Gasteiger partial charge in [-0.15, -0.1) is 6.58 Å². The monoisotopic (exact) mass is 166 g/mol. The molecule has 0 saturated carbocycles. The van der Waals surface area contributed by atoms with Gasteiger partial charge in [-0.2, -0.15) is 8.78 Å². The number of hydrogen-bond acceptors (Lipinski definition) is 2. The molecule has 0 bridgehead atoms. The zero-order valence-corrected chi connectivity index (χ0v) is 6.26. The first-order chi connectivity index (χ1) is 5.27. The predicted molar refractivity (Wildman–Crippen MR) is 37.6 cm³/mol. The van der Waals surface area contributed by atoms with E-state index in [0.717, 1.165) is 0 Å². The molecule has 0 heterocycles. The number of rotatable bonds is 7. The predicted octanol–water partition coefficient (Wildman–Crippen LogP) is 1.82. The van der Waals surface area contributed by atoms with Crippen molar-refractivity contribution in [1.29, 1.82) is 0 Å². The molecule has 66 valence electrons. The molecule has 0 atom stereocenters. The van der Waals surface area contributed by atoms with Crippen LogP contribution in [0.15, 0.2) is 12.7 Å². The van der Waals surface area contributed by atoms with Crippen molar-refractivity contribution in [3.8, 4) is 0 Å². The van der Waals surface area contributed by atoms with Gasteiger partial charge in [-0.1, -0.05) is 6.08 Å². The fraction of sp³-hybridized carbons (Fsp3) is 0.714. The van der Waals surface area contributed by atoms with Gasteiger partial charge in [-0.25, -0.2) is 0 Å². The first-order valence-corrected chi connectivity index (χ1v) is 3.35. The highest BCUT2D eigenvalue weighted by Gasteiger charge is 1.99. The van der Waals surface area contributed by atoms with E-state index in [0.29, 0.717) is 19.6 Å². The minimum Gasteiger partial charge on any atom is -0.377 e. The summed E-state index contributed by atoms with van der Waals surface area (Å²) in [7, 11) is 0. The molecule has 0 fully saturated rings. The lowest BCUT2D eigenvalue weighted by Crippen LogP contribution is -2.04. The van der Waals surface area contributed by atoms with Crippen LogP contribution in [0, 0.1) is 0 Å². The molecule has 0 aromatic rings. The van der Waals surface area contributed by atoms with Crippen LogP contribution in [-0.4, -0.2) is 26.4 Å². The Hall–Kier alpha value is -0.480. The Kier molecular flexibility index (Phi) is 7.29.